The maximum atomic E-state index is 13.1. The third-order valence-corrected chi connectivity index (χ3v) is 21.4. The van der Waals surface area contributed by atoms with Gasteiger partial charge < -0.3 is 33.8 Å². The van der Waals surface area contributed by atoms with Crippen molar-refractivity contribution in [2.45, 2.75) is 446 Å². The average molecular weight is 1480 g/mol. The summed E-state index contributed by atoms with van der Waals surface area (Å²) >= 11 is 0. The van der Waals surface area contributed by atoms with Crippen LogP contribution in [0.1, 0.15) is 427 Å². The minimum Gasteiger partial charge on any atom is -0.462 e. The number of hydrogen-bond donors (Lipinski definition) is 3. The van der Waals surface area contributed by atoms with Gasteiger partial charge in [0.2, 0.25) is 0 Å². The Hall–Kier alpha value is -1.94. The van der Waals surface area contributed by atoms with Crippen LogP contribution in [-0.4, -0.2) is 96.7 Å². The summed E-state index contributed by atoms with van der Waals surface area (Å²) in [6, 6.07) is 0. The molecule has 0 saturated heterocycles. The second-order valence-electron chi connectivity index (χ2n) is 30.7. The van der Waals surface area contributed by atoms with Crippen LogP contribution in [0.5, 0.6) is 0 Å². The summed E-state index contributed by atoms with van der Waals surface area (Å²) in [5, 5.41) is 10.6. The molecule has 600 valence electrons. The fourth-order valence-electron chi connectivity index (χ4n) is 12.6. The molecule has 0 aliphatic heterocycles. The van der Waals surface area contributed by atoms with Crippen molar-refractivity contribution in [2.24, 2.45) is 17.8 Å². The predicted octanol–water partition coefficient (Wildman–Crippen LogP) is 24.5. The first kappa shape index (κ1) is 99.1. The number of ether oxygens (including phenoxy) is 4. The Kier molecular flexibility index (Phi) is 70.9. The normalized spacial score (nSPS) is 14.2. The molecule has 0 saturated carbocycles. The van der Waals surface area contributed by atoms with E-state index >= 15 is 0 Å². The third kappa shape index (κ3) is 74.7. The Bertz CT molecular complexity index is 1960. The third-order valence-electron chi connectivity index (χ3n) is 19.5. The van der Waals surface area contributed by atoms with Crippen molar-refractivity contribution in [1.82, 2.24) is 0 Å². The van der Waals surface area contributed by atoms with E-state index < -0.39 is 97.5 Å². The Balaban J connectivity index is 5.23. The zero-order valence-electron chi connectivity index (χ0n) is 66.4. The molecule has 0 fully saturated rings. The number of aliphatic hydroxyl groups is 1. The quantitative estimate of drug-likeness (QED) is 0.0222. The molecule has 0 rings (SSSR count). The maximum absolute atomic E-state index is 13.1. The molecule has 0 radical (unpaired) electrons. The molecule has 0 spiro atoms. The average Bonchev–Trinajstić information content (AvgIpc) is 0.936. The lowest BCUT2D eigenvalue weighted by Gasteiger charge is -2.21. The van der Waals surface area contributed by atoms with E-state index in [1.165, 1.54) is 231 Å². The second kappa shape index (κ2) is 72.3. The summed E-state index contributed by atoms with van der Waals surface area (Å²) in [5.74, 6) is 0.175. The van der Waals surface area contributed by atoms with Crippen molar-refractivity contribution >= 4 is 39.5 Å². The highest BCUT2D eigenvalue weighted by Gasteiger charge is 2.30. The topological polar surface area (TPSA) is 237 Å². The minimum atomic E-state index is -4.96. The van der Waals surface area contributed by atoms with Crippen LogP contribution in [0.3, 0.4) is 0 Å². The van der Waals surface area contributed by atoms with Crippen molar-refractivity contribution in [3.05, 3.63) is 0 Å². The van der Waals surface area contributed by atoms with Gasteiger partial charge in [0.1, 0.15) is 19.3 Å². The van der Waals surface area contributed by atoms with Crippen molar-refractivity contribution in [1.29, 1.82) is 0 Å². The van der Waals surface area contributed by atoms with Crippen molar-refractivity contribution in [3.8, 4) is 0 Å². The van der Waals surface area contributed by atoms with Gasteiger partial charge in [-0.1, -0.05) is 376 Å². The van der Waals surface area contributed by atoms with Gasteiger partial charge in [-0.15, -0.1) is 0 Å². The van der Waals surface area contributed by atoms with Crippen molar-refractivity contribution in [3.63, 3.8) is 0 Å². The highest BCUT2D eigenvalue weighted by Crippen LogP contribution is 2.45. The van der Waals surface area contributed by atoms with E-state index in [2.05, 4.69) is 48.5 Å². The molecule has 0 bridgehead atoms. The number of esters is 4. The Morgan fingerprint density at radius 2 is 0.505 bits per heavy atom. The molecule has 0 aromatic rings. The molecule has 101 heavy (non-hydrogen) atoms. The van der Waals surface area contributed by atoms with Gasteiger partial charge in [-0.25, -0.2) is 9.13 Å². The molecule has 0 aromatic carbocycles. The molecular formula is C82H160O17P2. The van der Waals surface area contributed by atoms with Gasteiger partial charge >= 0.3 is 39.5 Å². The number of carbonyl (C=O) groups excluding carboxylic acids is 4. The van der Waals surface area contributed by atoms with Crippen LogP contribution in [-0.2, 0) is 65.4 Å². The first-order valence-electron chi connectivity index (χ1n) is 42.4. The summed E-state index contributed by atoms with van der Waals surface area (Å²) in [5.41, 5.74) is 0. The van der Waals surface area contributed by atoms with Gasteiger partial charge in [-0.3, -0.25) is 37.3 Å². The van der Waals surface area contributed by atoms with E-state index in [0.29, 0.717) is 25.7 Å². The number of rotatable bonds is 80. The molecule has 3 N–H and O–H groups in total. The van der Waals surface area contributed by atoms with Crippen molar-refractivity contribution < 1.29 is 80.2 Å². The predicted molar refractivity (Wildman–Crippen MR) is 414 cm³/mol. The summed E-state index contributed by atoms with van der Waals surface area (Å²) in [6.07, 6.45) is 61.2. The Morgan fingerprint density at radius 1 is 0.287 bits per heavy atom. The zero-order valence-corrected chi connectivity index (χ0v) is 68.2. The van der Waals surface area contributed by atoms with Crippen LogP contribution in [0.15, 0.2) is 0 Å². The summed E-state index contributed by atoms with van der Waals surface area (Å²) in [4.78, 5) is 73.0. The molecule has 6 atom stereocenters. The van der Waals surface area contributed by atoms with Crippen LogP contribution in [0.2, 0.25) is 0 Å². The maximum Gasteiger partial charge on any atom is 0.472 e. The molecule has 0 aromatic heterocycles. The standard InChI is InChI=1S/C82H160O17P2/c1-8-10-11-12-13-14-15-16-17-18-19-20-21-22-23-26-32-37-42-51-58-65-81(86)98-77(69-92-79(84)63-56-49-41-36-31-27-24-25-29-34-39-46-53-60-73(3)4)71-96-100(88,89)94-67-76(83)68-95-101(90,91)97-72-78(70-93-80(85)64-57-50-45-44-48-55-62-75(7)9-2)99-82(87)66-59-52-43-38-33-28-30-35-40-47-54-61-74(5)6/h73-78,83H,8-72H2,1-7H3,(H,88,89)(H,90,91)/t75?,76-,77-,78-/m1/s1. The summed E-state index contributed by atoms with van der Waals surface area (Å²) < 4.78 is 68.7. The lowest BCUT2D eigenvalue weighted by atomic mass is 10.00. The van der Waals surface area contributed by atoms with Crippen molar-refractivity contribution in [2.75, 3.05) is 39.6 Å². The molecule has 0 heterocycles. The fraction of sp³-hybridized carbons (Fsp3) is 0.951. The highest BCUT2D eigenvalue weighted by molar-refractivity contribution is 7.47. The minimum absolute atomic E-state index is 0.106. The second-order valence-corrected chi connectivity index (χ2v) is 33.6. The molecule has 0 aliphatic rings. The van der Waals surface area contributed by atoms with Gasteiger partial charge in [0.05, 0.1) is 26.4 Å². The van der Waals surface area contributed by atoms with Crippen LogP contribution >= 0.6 is 15.6 Å². The molecular weight excluding hydrogens is 1320 g/mol. The fourth-order valence-corrected chi connectivity index (χ4v) is 14.2. The van der Waals surface area contributed by atoms with E-state index in [4.69, 9.17) is 37.0 Å². The van der Waals surface area contributed by atoms with E-state index in [1.54, 1.807) is 0 Å². The van der Waals surface area contributed by atoms with Gasteiger partial charge in [0.25, 0.3) is 0 Å². The van der Waals surface area contributed by atoms with Gasteiger partial charge in [0.15, 0.2) is 12.2 Å². The van der Waals surface area contributed by atoms with Gasteiger partial charge in [-0.05, 0) is 43.4 Å². The number of unbranched alkanes of at least 4 members (excludes halogenated alkanes) is 47. The number of carbonyl (C=O) groups is 4. The van der Waals surface area contributed by atoms with Gasteiger partial charge in [-0.2, -0.15) is 0 Å². The summed E-state index contributed by atoms with van der Waals surface area (Å²) in [6.45, 7) is 11.9. The molecule has 0 amide bonds. The first-order valence-corrected chi connectivity index (χ1v) is 45.4. The van der Waals surface area contributed by atoms with E-state index in [9.17, 15) is 43.2 Å². The van der Waals surface area contributed by atoms with E-state index in [1.807, 2.05) is 0 Å². The zero-order chi connectivity index (χ0) is 74.4. The number of hydrogen-bond acceptors (Lipinski definition) is 15. The number of phosphoric acid groups is 2. The van der Waals surface area contributed by atoms with E-state index in [0.717, 1.165) is 114 Å². The van der Waals surface area contributed by atoms with Crippen LogP contribution in [0.25, 0.3) is 0 Å². The number of aliphatic hydroxyl groups excluding tert-OH is 1. The lowest BCUT2D eigenvalue weighted by molar-refractivity contribution is -0.161. The van der Waals surface area contributed by atoms with Gasteiger partial charge in [0, 0.05) is 25.7 Å². The monoisotopic (exact) mass is 1480 g/mol. The Labute approximate surface area is 619 Å². The van der Waals surface area contributed by atoms with Crippen LogP contribution < -0.4 is 0 Å². The largest absolute Gasteiger partial charge is 0.472 e. The van der Waals surface area contributed by atoms with E-state index in [-0.39, 0.29) is 25.7 Å². The molecule has 17 nitrogen and oxygen atoms in total. The molecule has 0 aliphatic carbocycles. The highest BCUT2D eigenvalue weighted by atomic mass is 31.2. The molecule has 3 unspecified atom stereocenters. The Morgan fingerprint density at radius 3 is 0.752 bits per heavy atom. The van der Waals surface area contributed by atoms with Crippen LogP contribution in [0.4, 0.5) is 0 Å². The van der Waals surface area contributed by atoms with Crippen LogP contribution in [0, 0.1) is 17.8 Å². The summed E-state index contributed by atoms with van der Waals surface area (Å²) in [7, 11) is -9.92. The lowest BCUT2D eigenvalue weighted by Crippen LogP contribution is -2.30. The molecule has 19 heteroatoms. The number of phosphoric ester groups is 2. The first-order chi connectivity index (χ1) is 48.8. The smallest absolute Gasteiger partial charge is 0.462 e. The SMILES string of the molecule is CCCCCCCCCCCCCCCCCCCCCCCC(=O)O[C@H](COC(=O)CCCCCCCCCCCCCCCC(C)C)COP(=O)(O)OC[C@@H](O)COP(=O)(O)OC[C@@H](COC(=O)CCCCCCCCC(C)CC)OC(=O)CCCCCCCCCCCCCC(C)C.